The third-order valence-electron chi connectivity index (χ3n) is 8.21. The van der Waals surface area contributed by atoms with Gasteiger partial charge >= 0.3 is 0 Å². The predicted octanol–water partition coefficient (Wildman–Crippen LogP) is 7.32. The van der Waals surface area contributed by atoms with Gasteiger partial charge in [0.15, 0.2) is 0 Å². The van der Waals surface area contributed by atoms with Crippen LogP contribution in [0.2, 0.25) is 0 Å². The number of rotatable bonds is 8. The third-order valence-corrected chi connectivity index (χ3v) is 8.21. The molecule has 0 spiro atoms. The summed E-state index contributed by atoms with van der Waals surface area (Å²) in [6.07, 6.45) is 6.59. The molecule has 0 aromatic carbocycles. The van der Waals surface area contributed by atoms with Crippen molar-refractivity contribution in [2.24, 2.45) is 0 Å². The van der Waals surface area contributed by atoms with Gasteiger partial charge in [0.05, 0.1) is 22.8 Å². The van der Waals surface area contributed by atoms with E-state index >= 15 is 0 Å². The van der Waals surface area contributed by atoms with Crippen molar-refractivity contribution in [3.8, 4) is 0 Å². The molecule has 0 radical (unpaired) electrons. The van der Waals surface area contributed by atoms with Gasteiger partial charge in [-0.3, -0.25) is 0 Å². The summed E-state index contributed by atoms with van der Waals surface area (Å²) in [7, 11) is 0. The Hall–Kier alpha value is -4.00. The van der Waals surface area contributed by atoms with Crippen LogP contribution in [0.5, 0.6) is 0 Å². The second kappa shape index (κ2) is 11.2. The molecule has 0 unspecified atom stereocenters. The molecule has 6 nitrogen and oxygen atoms in total. The highest BCUT2D eigenvalue weighted by Crippen LogP contribution is 2.36. The van der Waals surface area contributed by atoms with E-state index < -0.39 is 0 Å². The maximum absolute atomic E-state index is 9.61. The fourth-order valence-electron chi connectivity index (χ4n) is 5.82. The number of hydrogen-bond donors (Lipinski definition) is 4. The van der Waals surface area contributed by atoms with Gasteiger partial charge in [-0.1, -0.05) is 25.3 Å². The molecule has 0 fully saturated rings. The van der Waals surface area contributed by atoms with Crippen molar-refractivity contribution < 1.29 is 10.2 Å². The Morgan fingerprint density at radius 1 is 0.675 bits per heavy atom. The summed E-state index contributed by atoms with van der Waals surface area (Å²) in [4.78, 5) is 17.4. The van der Waals surface area contributed by atoms with E-state index in [-0.39, 0.29) is 13.2 Å². The fraction of sp³-hybridized carbons (Fsp3) is 0.294. The molecule has 0 saturated heterocycles. The van der Waals surface area contributed by atoms with Crippen LogP contribution in [0.15, 0.2) is 43.5 Å². The molecular weight excluding hydrogens is 496 g/mol. The van der Waals surface area contributed by atoms with Crippen LogP contribution in [0, 0.1) is 13.8 Å². The monoisotopic (exact) mass is 534 g/mol. The number of nitrogens with one attached hydrogen (secondary N) is 2. The lowest BCUT2D eigenvalue weighted by Gasteiger charge is -2.03. The smallest absolute Gasteiger partial charge is 0.0733 e. The number of allylic oxidation sites excluding steroid dienone is 5. The Kier molecular flexibility index (Phi) is 7.74. The first-order chi connectivity index (χ1) is 19.3. The lowest BCUT2D eigenvalue weighted by atomic mass is 10.0. The maximum Gasteiger partial charge on any atom is 0.0733 e. The minimum Gasteiger partial charge on any atom is -0.396 e. The highest BCUT2D eigenvalue weighted by Gasteiger charge is 2.19. The first kappa shape index (κ1) is 27.6. The Bertz CT molecular complexity index is 1750. The number of aliphatic hydroxyl groups is 2. The molecular formula is C34H38N4O2. The van der Waals surface area contributed by atoms with Gasteiger partial charge in [0.1, 0.15) is 0 Å². The molecule has 0 amide bonds. The quantitative estimate of drug-likeness (QED) is 0.243. The number of nitrogens with zero attached hydrogens (tertiary/aromatic N) is 2. The van der Waals surface area contributed by atoms with E-state index in [4.69, 9.17) is 9.97 Å². The van der Waals surface area contributed by atoms with Crippen LogP contribution in [0.25, 0.3) is 50.4 Å². The van der Waals surface area contributed by atoms with Gasteiger partial charge in [0.25, 0.3) is 0 Å². The van der Waals surface area contributed by atoms with Crippen molar-refractivity contribution in [2.75, 3.05) is 13.2 Å². The molecule has 5 rings (SSSR count). The summed E-state index contributed by atoms with van der Waals surface area (Å²) >= 11 is 0. The summed E-state index contributed by atoms with van der Waals surface area (Å²) in [5, 5.41) is 19.2. The van der Waals surface area contributed by atoms with Gasteiger partial charge < -0.3 is 20.2 Å². The highest BCUT2D eigenvalue weighted by atomic mass is 16.3. The maximum atomic E-state index is 9.61. The highest BCUT2D eigenvalue weighted by molar-refractivity contribution is 5.98. The first-order valence-electron chi connectivity index (χ1n) is 13.9. The molecule has 0 atom stereocenters. The average Bonchev–Trinajstić information content (AvgIpc) is 3.59. The van der Waals surface area contributed by atoms with Crippen LogP contribution in [0.3, 0.4) is 0 Å². The Morgan fingerprint density at radius 2 is 1.25 bits per heavy atom. The summed E-state index contributed by atoms with van der Waals surface area (Å²) in [5.74, 6) is 0. The molecule has 5 heterocycles. The zero-order valence-corrected chi connectivity index (χ0v) is 23.9. The van der Waals surface area contributed by atoms with E-state index in [1.54, 1.807) is 0 Å². The summed E-state index contributed by atoms with van der Waals surface area (Å²) in [6.45, 7) is 16.8. The summed E-state index contributed by atoms with van der Waals surface area (Å²) in [5.41, 5.74) is 16.2. The lowest BCUT2D eigenvalue weighted by Crippen LogP contribution is -1.91. The minimum atomic E-state index is 0.127. The van der Waals surface area contributed by atoms with Gasteiger partial charge in [0.2, 0.25) is 0 Å². The molecule has 3 aromatic rings. The van der Waals surface area contributed by atoms with E-state index in [9.17, 15) is 10.2 Å². The molecule has 0 aliphatic carbocycles. The average molecular weight is 535 g/mol. The van der Waals surface area contributed by atoms with Crippen LogP contribution >= 0.6 is 0 Å². The number of H-pyrrole nitrogens is 2. The number of fused-ring (bicyclic) bond motifs is 8. The minimum absolute atomic E-state index is 0.127. The van der Waals surface area contributed by atoms with Gasteiger partial charge in [-0.2, -0.15) is 0 Å². The number of aliphatic hydroxyl groups excluding tert-OH is 2. The number of hydrogen-bond acceptors (Lipinski definition) is 4. The molecule has 3 aromatic heterocycles. The molecule has 6 heteroatoms. The summed E-state index contributed by atoms with van der Waals surface area (Å²) in [6, 6.07) is 8.42. The van der Waals surface area contributed by atoms with Gasteiger partial charge in [-0.25, -0.2) is 9.97 Å². The van der Waals surface area contributed by atoms with Crippen LogP contribution in [-0.2, 0) is 6.42 Å². The predicted molar refractivity (Wildman–Crippen MR) is 167 cm³/mol. The second-order valence-corrected chi connectivity index (χ2v) is 10.6. The second-order valence-electron chi connectivity index (χ2n) is 10.6. The van der Waals surface area contributed by atoms with Crippen LogP contribution < -0.4 is 0 Å². The molecule has 2 aliphatic rings. The van der Waals surface area contributed by atoms with Crippen LogP contribution in [0.4, 0.5) is 0 Å². The largest absolute Gasteiger partial charge is 0.396 e. The number of aromatic amines is 2. The zero-order valence-electron chi connectivity index (χ0n) is 23.9. The van der Waals surface area contributed by atoms with E-state index in [1.165, 1.54) is 5.56 Å². The number of aryl methyl sites for hydroxylation is 3. The fourth-order valence-corrected chi connectivity index (χ4v) is 5.82. The van der Waals surface area contributed by atoms with Gasteiger partial charge in [-0.15, -0.1) is 0 Å². The normalized spacial score (nSPS) is 13.3. The molecule has 2 aliphatic heterocycles. The van der Waals surface area contributed by atoms with Crippen LogP contribution in [0.1, 0.15) is 78.1 Å². The van der Waals surface area contributed by atoms with Crippen molar-refractivity contribution in [2.45, 2.75) is 53.4 Å². The van der Waals surface area contributed by atoms with Crippen molar-refractivity contribution in [1.29, 1.82) is 0 Å². The molecule has 40 heavy (non-hydrogen) atoms. The lowest BCUT2D eigenvalue weighted by molar-refractivity contribution is 0.288. The Balaban J connectivity index is 1.95. The van der Waals surface area contributed by atoms with Gasteiger partial charge in [0, 0.05) is 46.4 Å². The number of aromatic nitrogens is 4. The van der Waals surface area contributed by atoms with Gasteiger partial charge in [-0.05, 0) is 111 Å². The first-order valence-corrected chi connectivity index (χ1v) is 13.9. The molecule has 4 N–H and O–H groups in total. The van der Waals surface area contributed by atoms with Crippen molar-refractivity contribution in [3.63, 3.8) is 0 Å². The molecule has 206 valence electrons. The van der Waals surface area contributed by atoms with E-state index in [2.05, 4.69) is 75.1 Å². The van der Waals surface area contributed by atoms with Crippen LogP contribution in [-0.4, -0.2) is 43.4 Å². The topological polar surface area (TPSA) is 97.8 Å². The van der Waals surface area contributed by atoms with Crippen molar-refractivity contribution >= 4 is 50.4 Å². The molecule has 8 bridgehead atoms. The van der Waals surface area contributed by atoms with E-state index in [1.807, 2.05) is 12.2 Å². The standard InChI is InChI=1S/C34H38N4O2/c1-7-23-19(3)27-15-28-21(5)25(11-9-13-39)33(37-28)18-34-26(12-10-14-40)22(6)30(38-34)17-32-24(8-2)20(4)29(36-32)16-31(23)35-27/h7-8,15-18,36-37,39-40H,1-2,9-14H2,3-6H3. The van der Waals surface area contributed by atoms with Crippen molar-refractivity contribution in [3.05, 3.63) is 88.5 Å². The SMILES string of the molecule is C=CC1=C(C)c2cc3[nH]c(cc4nc(cc5[nH]c(cc1n2)c(C)c5C=C)C(C)=C4CCCO)c(CCCO)c3C. The summed E-state index contributed by atoms with van der Waals surface area (Å²) < 4.78 is 0. The Morgan fingerprint density at radius 3 is 1.95 bits per heavy atom. The van der Waals surface area contributed by atoms with E-state index in [0.717, 1.165) is 96.7 Å². The third kappa shape index (κ3) is 4.78. The Labute approximate surface area is 235 Å². The molecule has 0 saturated carbocycles. The van der Waals surface area contributed by atoms with Crippen molar-refractivity contribution in [1.82, 2.24) is 19.9 Å². The zero-order chi connectivity index (χ0) is 28.6. The van der Waals surface area contributed by atoms with E-state index in [0.29, 0.717) is 12.8 Å².